The second-order valence-corrected chi connectivity index (χ2v) is 9.50. The predicted octanol–water partition coefficient (Wildman–Crippen LogP) is 3.21. The summed E-state index contributed by atoms with van der Waals surface area (Å²) < 4.78 is 38.3. The van der Waals surface area contributed by atoms with Crippen LogP contribution in [-0.4, -0.2) is 42.8 Å². The third kappa shape index (κ3) is 4.66. The highest BCUT2D eigenvalue weighted by Gasteiger charge is 2.49. The van der Waals surface area contributed by atoms with Crippen LogP contribution >= 0.6 is 0 Å². The van der Waals surface area contributed by atoms with Crippen LogP contribution in [0.25, 0.3) is 0 Å². The summed E-state index contributed by atoms with van der Waals surface area (Å²) in [6.07, 6.45) is 0.602. The predicted molar refractivity (Wildman–Crippen MR) is 118 cm³/mol. The number of hydrogen-bond donors (Lipinski definition) is 0. The molecule has 0 bridgehead atoms. The van der Waals surface area contributed by atoms with Crippen LogP contribution in [-0.2, 0) is 32.5 Å². The molecule has 2 heterocycles. The Morgan fingerprint density at radius 1 is 0.969 bits per heavy atom. The van der Waals surface area contributed by atoms with Gasteiger partial charge in [-0.3, -0.25) is 4.79 Å². The minimum Gasteiger partial charge on any atom is -0.497 e. The number of likely N-dealkylation sites (tertiary alicyclic amines) is 1. The van der Waals surface area contributed by atoms with Gasteiger partial charge in [-0.25, -0.2) is 13.4 Å². The number of sulfone groups is 1. The zero-order valence-corrected chi connectivity index (χ0v) is 18.4. The van der Waals surface area contributed by atoms with E-state index in [9.17, 15) is 13.2 Å². The summed E-state index contributed by atoms with van der Waals surface area (Å²) in [6.45, 7) is 0.355. The number of benzene rings is 2. The third-order valence-electron chi connectivity index (χ3n) is 5.39. The first kappa shape index (κ1) is 22.0. The summed E-state index contributed by atoms with van der Waals surface area (Å²) in [5.41, 5.74) is 1.70. The molecule has 7 nitrogen and oxygen atoms in total. The van der Waals surface area contributed by atoms with Crippen LogP contribution < -0.4 is 4.74 Å². The maximum Gasteiger partial charge on any atom is 0.226 e. The van der Waals surface area contributed by atoms with Crippen molar-refractivity contribution in [1.29, 1.82) is 0 Å². The Morgan fingerprint density at radius 2 is 1.69 bits per heavy atom. The number of carbonyl (C=O) groups is 1. The number of hydrogen-bond acceptors (Lipinski definition) is 6. The number of amides is 1. The number of ether oxygens (including phenoxy) is 2. The van der Waals surface area contributed by atoms with Crippen LogP contribution in [0, 0.1) is 0 Å². The van der Waals surface area contributed by atoms with Gasteiger partial charge in [0.1, 0.15) is 11.9 Å². The Bertz CT molecular complexity index is 1150. The molecular weight excluding hydrogens is 428 g/mol. The second-order valence-electron chi connectivity index (χ2n) is 7.51. The van der Waals surface area contributed by atoms with Crippen molar-refractivity contribution < 1.29 is 22.7 Å². The molecule has 2 aromatic carbocycles. The van der Waals surface area contributed by atoms with E-state index in [1.165, 1.54) is 17.2 Å². The first-order chi connectivity index (χ1) is 15.5. The van der Waals surface area contributed by atoms with Crippen molar-refractivity contribution >= 4 is 15.7 Å². The molecule has 2 atom stereocenters. The molecule has 166 valence electrons. The van der Waals surface area contributed by atoms with Gasteiger partial charge in [0, 0.05) is 12.7 Å². The summed E-state index contributed by atoms with van der Waals surface area (Å²) in [6, 6.07) is 21.4. The van der Waals surface area contributed by atoms with Crippen LogP contribution in [0.1, 0.15) is 17.5 Å². The summed E-state index contributed by atoms with van der Waals surface area (Å²) in [5.74, 6) is 0.409. The Hall–Kier alpha value is -3.23. The van der Waals surface area contributed by atoms with Gasteiger partial charge in [0.25, 0.3) is 0 Å². The monoisotopic (exact) mass is 452 g/mol. The van der Waals surface area contributed by atoms with Gasteiger partial charge in [0.05, 0.1) is 20.1 Å². The molecule has 1 amide bonds. The van der Waals surface area contributed by atoms with E-state index in [0.29, 0.717) is 5.75 Å². The van der Waals surface area contributed by atoms with Crippen molar-refractivity contribution in [2.45, 2.75) is 36.1 Å². The number of aromatic nitrogens is 1. The van der Waals surface area contributed by atoms with Gasteiger partial charge in [-0.15, -0.1) is 0 Å². The summed E-state index contributed by atoms with van der Waals surface area (Å²) in [7, 11) is -2.39. The average Bonchev–Trinajstić information content (AvgIpc) is 3.15. The van der Waals surface area contributed by atoms with E-state index in [4.69, 9.17) is 9.47 Å². The zero-order chi connectivity index (χ0) is 22.6. The van der Waals surface area contributed by atoms with Gasteiger partial charge in [0.15, 0.2) is 10.4 Å². The van der Waals surface area contributed by atoms with Gasteiger partial charge in [-0.1, -0.05) is 48.5 Å². The van der Waals surface area contributed by atoms with Crippen molar-refractivity contribution in [3.63, 3.8) is 0 Å². The topological polar surface area (TPSA) is 85.8 Å². The van der Waals surface area contributed by atoms with E-state index in [2.05, 4.69) is 4.98 Å². The lowest BCUT2D eigenvalue weighted by atomic mass is 10.2. The maximum atomic E-state index is 13.5. The van der Waals surface area contributed by atoms with Gasteiger partial charge in [0.2, 0.25) is 15.7 Å². The number of nitrogens with zero attached hydrogens (tertiary/aromatic N) is 2. The SMILES string of the molecule is COc1ccc(CN2C(=O)C[C@@H](OCc3ccccc3)C2S(=O)(=O)c2ccccn2)cc1. The zero-order valence-electron chi connectivity index (χ0n) is 17.6. The summed E-state index contributed by atoms with van der Waals surface area (Å²) >= 11 is 0. The van der Waals surface area contributed by atoms with Crippen LogP contribution in [0.3, 0.4) is 0 Å². The molecule has 0 radical (unpaired) electrons. The van der Waals surface area contributed by atoms with Gasteiger partial charge >= 0.3 is 0 Å². The normalized spacial score (nSPS) is 18.7. The Labute approximate surface area is 187 Å². The highest BCUT2D eigenvalue weighted by molar-refractivity contribution is 7.92. The molecule has 1 fully saturated rings. The van der Waals surface area contributed by atoms with E-state index < -0.39 is 21.3 Å². The van der Waals surface area contributed by atoms with E-state index in [1.807, 2.05) is 42.5 Å². The lowest BCUT2D eigenvalue weighted by Gasteiger charge is -2.28. The molecule has 1 aliphatic heterocycles. The van der Waals surface area contributed by atoms with Gasteiger partial charge in [-0.2, -0.15) is 0 Å². The van der Waals surface area contributed by atoms with Crippen molar-refractivity contribution in [1.82, 2.24) is 9.88 Å². The van der Waals surface area contributed by atoms with Gasteiger partial charge < -0.3 is 14.4 Å². The molecule has 0 saturated carbocycles. The van der Waals surface area contributed by atoms with Gasteiger partial charge in [-0.05, 0) is 35.4 Å². The third-order valence-corrected chi connectivity index (χ3v) is 7.41. The molecule has 4 rings (SSSR count). The lowest BCUT2D eigenvalue weighted by molar-refractivity contribution is -0.128. The Morgan fingerprint density at radius 3 is 2.34 bits per heavy atom. The molecule has 1 aliphatic rings. The van der Waals surface area contributed by atoms with Crippen molar-refractivity contribution in [2.24, 2.45) is 0 Å². The minimum absolute atomic E-state index is 0.0142. The minimum atomic E-state index is -3.96. The van der Waals surface area contributed by atoms with Crippen molar-refractivity contribution in [3.05, 3.63) is 90.1 Å². The Kier molecular flexibility index (Phi) is 6.53. The molecule has 1 unspecified atom stereocenters. The van der Waals surface area contributed by atoms with E-state index in [1.54, 1.807) is 31.4 Å². The fourth-order valence-corrected chi connectivity index (χ4v) is 5.59. The standard InChI is InChI=1S/C24H24N2O5S/c1-30-20-12-10-18(11-13-20)16-26-23(27)15-21(31-17-19-7-3-2-4-8-19)24(26)32(28,29)22-9-5-6-14-25-22/h2-14,21,24H,15-17H2,1H3/t21-,24?/m1/s1. The Balaban J connectivity index is 1.64. The molecule has 1 saturated heterocycles. The number of carbonyl (C=O) groups excluding carboxylic acids is 1. The number of pyridine rings is 1. The quantitative estimate of drug-likeness (QED) is 0.522. The molecule has 0 spiro atoms. The molecule has 8 heteroatoms. The summed E-state index contributed by atoms with van der Waals surface area (Å²) in [5, 5.41) is -1.25. The van der Waals surface area contributed by atoms with Crippen LogP contribution in [0.2, 0.25) is 0 Å². The second kappa shape index (κ2) is 9.50. The highest BCUT2D eigenvalue weighted by atomic mass is 32.2. The number of methoxy groups -OCH3 is 1. The first-order valence-electron chi connectivity index (χ1n) is 10.2. The molecule has 0 aliphatic carbocycles. The molecule has 32 heavy (non-hydrogen) atoms. The molecule has 1 aromatic heterocycles. The molecule has 0 N–H and O–H groups in total. The highest BCUT2D eigenvalue weighted by Crippen LogP contribution is 2.32. The number of rotatable bonds is 8. The summed E-state index contributed by atoms with van der Waals surface area (Å²) in [4.78, 5) is 18.4. The smallest absolute Gasteiger partial charge is 0.226 e. The lowest BCUT2D eigenvalue weighted by Crippen LogP contribution is -2.43. The van der Waals surface area contributed by atoms with Crippen LogP contribution in [0.5, 0.6) is 5.75 Å². The molecule has 3 aromatic rings. The average molecular weight is 453 g/mol. The van der Waals surface area contributed by atoms with E-state index in [-0.39, 0.29) is 30.5 Å². The molecular formula is C24H24N2O5S. The fraction of sp³-hybridized carbons (Fsp3) is 0.250. The van der Waals surface area contributed by atoms with Crippen LogP contribution in [0.4, 0.5) is 0 Å². The van der Waals surface area contributed by atoms with Crippen LogP contribution in [0.15, 0.2) is 84.0 Å². The maximum absolute atomic E-state index is 13.5. The van der Waals surface area contributed by atoms with Crippen molar-refractivity contribution in [3.8, 4) is 5.75 Å². The first-order valence-corrected chi connectivity index (χ1v) is 11.8. The van der Waals surface area contributed by atoms with E-state index in [0.717, 1.165) is 11.1 Å². The fourth-order valence-electron chi connectivity index (χ4n) is 3.76. The largest absolute Gasteiger partial charge is 0.497 e. The van der Waals surface area contributed by atoms with E-state index >= 15 is 0 Å². The van der Waals surface area contributed by atoms with Crippen molar-refractivity contribution in [2.75, 3.05) is 7.11 Å².